The molecule has 1 aromatic carbocycles. The molecule has 1 N–H and O–H groups in total. The normalized spacial score (nSPS) is 10.1. The van der Waals surface area contributed by atoms with Crippen molar-refractivity contribution < 1.29 is 14.3 Å². The van der Waals surface area contributed by atoms with Gasteiger partial charge in [-0.2, -0.15) is 0 Å². The maximum absolute atomic E-state index is 11.7. The number of benzene rings is 1. The molecule has 0 spiro atoms. The van der Waals surface area contributed by atoms with E-state index < -0.39 is 0 Å². The summed E-state index contributed by atoms with van der Waals surface area (Å²) in [7, 11) is 0. The number of nitrogens with zero attached hydrogens (tertiary/aromatic N) is 1. The molecule has 0 fully saturated rings. The molecular formula is C14H14N2O3S. The Balaban J connectivity index is 1.76. The van der Waals surface area contributed by atoms with Crippen LogP contribution >= 0.6 is 11.3 Å². The van der Waals surface area contributed by atoms with Gasteiger partial charge in [0.1, 0.15) is 11.4 Å². The van der Waals surface area contributed by atoms with Crippen LogP contribution in [0.25, 0.3) is 0 Å². The molecule has 5 nitrogen and oxygen atoms in total. The summed E-state index contributed by atoms with van der Waals surface area (Å²) < 4.78 is 5.43. The van der Waals surface area contributed by atoms with E-state index in [9.17, 15) is 9.59 Å². The van der Waals surface area contributed by atoms with Crippen molar-refractivity contribution in [2.75, 3.05) is 11.9 Å². The monoisotopic (exact) mass is 290 g/mol. The Morgan fingerprint density at radius 2 is 2.05 bits per heavy atom. The van der Waals surface area contributed by atoms with Crippen LogP contribution in [0.4, 0.5) is 5.13 Å². The van der Waals surface area contributed by atoms with Crippen LogP contribution in [0.15, 0.2) is 35.7 Å². The molecule has 0 unspecified atom stereocenters. The molecule has 6 heteroatoms. The molecule has 0 aliphatic rings. The number of hydrogen-bond acceptors (Lipinski definition) is 5. The predicted octanol–water partition coefficient (Wildman–Crippen LogP) is 2.75. The molecule has 0 radical (unpaired) electrons. The fourth-order valence-electron chi connectivity index (χ4n) is 1.45. The highest BCUT2D eigenvalue weighted by Crippen LogP contribution is 2.16. The van der Waals surface area contributed by atoms with Crippen molar-refractivity contribution in [1.29, 1.82) is 0 Å². The molecule has 1 heterocycles. The topological polar surface area (TPSA) is 68.3 Å². The summed E-state index contributed by atoms with van der Waals surface area (Å²) in [5, 5.41) is 4.69. The first-order chi connectivity index (χ1) is 9.65. The minimum Gasteiger partial charge on any atom is -0.493 e. The molecule has 20 heavy (non-hydrogen) atoms. The van der Waals surface area contributed by atoms with Crippen LogP contribution in [0.3, 0.4) is 0 Å². The van der Waals surface area contributed by atoms with Crippen LogP contribution in [-0.4, -0.2) is 23.3 Å². The second kappa shape index (κ2) is 6.81. The quantitative estimate of drug-likeness (QED) is 0.831. The lowest BCUT2D eigenvalue weighted by molar-refractivity contribution is -0.116. The van der Waals surface area contributed by atoms with E-state index in [-0.39, 0.29) is 18.1 Å². The van der Waals surface area contributed by atoms with E-state index in [1.165, 1.54) is 18.3 Å². The lowest BCUT2D eigenvalue weighted by Gasteiger charge is -2.05. The number of amides is 1. The maximum Gasteiger partial charge on any atom is 0.229 e. The van der Waals surface area contributed by atoms with Gasteiger partial charge in [-0.3, -0.25) is 9.59 Å². The number of nitrogens with one attached hydrogen (secondary N) is 1. The van der Waals surface area contributed by atoms with Crippen molar-refractivity contribution in [3.05, 3.63) is 41.4 Å². The van der Waals surface area contributed by atoms with Crippen LogP contribution in [-0.2, 0) is 4.79 Å². The van der Waals surface area contributed by atoms with Gasteiger partial charge >= 0.3 is 0 Å². The Hall–Kier alpha value is -2.21. The SMILES string of the molecule is CC(=O)c1csc(NC(=O)CCOc2ccccc2)n1. The highest BCUT2D eigenvalue weighted by Gasteiger charge is 2.09. The fraction of sp³-hybridized carbons (Fsp3) is 0.214. The highest BCUT2D eigenvalue weighted by atomic mass is 32.1. The number of hydrogen-bond donors (Lipinski definition) is 1. The minimum atomic E-state index is -0.189. The molecule has 2 rings (SSSR count). The van der Waals surface area contributed by atoms with Crippen molar-refractivity contribution in [2.24, 2.45) is 0 Å². The minimum absolute atomic E-state index is 0.117. The van der Waals surface area contributed by atoms with Gasteiger partial charge in [-0.05, 0) is 12.1 Å². The average molecular weight is 290 g/mol. The van der Waals surface area contributed by atoms with Crippen molar-refractivity contribution in [3.63, 3.8) is 0 Å². The van der Waals surface area contributed by atoms with E-state index in [1.54, 1.807) is 5.38 Å². The van der Waals surface area contributed by atoms with E-state index in [4.69, 9.17) is 4.74 Å². The number of carbonyl (C=O) groups is 2. The van der Waals surface area contributed by atoms with Crippen LogP contribution in [0.5, 0.6) is 5.75 Å². The lowest BCUT2D eigenvalue weighted by Crippen LogP contribution is -2.15. The molecule has 104 valence electrons. The van der Waals surface area contributed by atoms with Gasteiger partial charge in [0.15, 0.2) is 10.9 Å². The second-order valence-corrected chi connectivity index (χ2v) is 4.91. The fourth-order valence-corrected chi connectivity index (χ4v) is 2.22. The third kappa shape index (κ3) is 4.17. The standard InChI is InChI=1S/C14H14N2O3S/c1-10(17)12-9-20-14(15-12)16-13(18)7-8-19-11-5-3-2-4-6-11/h2-6,9H,7-8H2,1H3,(H,15,16,18). The van der Waals surface area contributed by atoms with Gasteiger partial charge in [-0.15, -0.1) is 11.3 Å². The van der Waals surface area contributed by atoms with Gasteiger partial charge in [0.25, 0.3) is 0 Å². The Labute approximate surface area is 120 Å². The van der Waals surface area contributed by atoms with Crippen molar-refractivity contribution in [2.45, 2.75) is 13.3 Å². The number of anilines is 1. The van der Waals surface area contributed by atoms with Crippen LogP contribution < -0.4 is 10.1 Å². The maximum atomic E-state index is 11.7. The highest BCUT2D eigenvalue weighted by molar-refractivity contribution is 7.14. The molecule has 0 aliphatic heterocycles. The van der Waals surface area contributed by atoms with E-state index in [2.05, 4.69) is 10.3 Å². The van der Waals surface area contributed by atoms with Crippen molar-refractivity contribution in [1.82, 2.24) is 4.98 Å². The number of aromatic nitrogens is 1. The summed E-state index contributed by atoms with van der Waals surface area (Å²) in [5.74, 6) is 0.424. The largest absolute Gasteiger partial charge is 0.493 e. The van der Waals surface area contributed by atoms with Gasteiger partial charge in [-0.25, -0.2) is 4.98 Å². The van der Waals surface area contributed by atoms with Crippen LogP contribution in [0.1, 0.15) is 23.8 Å². The van der Waals surface area contributed by atoms with E-state index in [0.717, 1.165) is 5.75 Å². The number of ether oxygens (including phenoxy) is 1. The first-order valence-electron chi connectivity index (χ1n) is 6.09. The third-order valence-corrected chi connectivity index (χ3v) is 3.21. The zero-order valence-corrected chi connectivity index (χ0v) is 11.8. The molecular weight excluding hydrogens is 276 g/mol. The van der Waals surface area contributed by atoms with Crippen LogP contribution in [0, 0.1) is 0 Å². The molecule has 0 aliphatic carbocycles. The second-order valence-electron chi connectivity index (χ2n) is 4.05. The Morgan fingerprint density at radius 3 is 2.70 bits per heavy atom. The van der Waals surface area contributed by atoms with Gasteiger partial charge < -0.3 is 10.1 Å². The van der Waals surface area contributed by atoms with E-state index >= 15 is 0 Å². The number of thiazole rings is 1. The van der Waals surface area contributed by atoms with Crippen molar-refractivity contribution in [3.8, 4) is 5.75 Å². The van der Waals surface area contributed by atoms with Gasteiger partial charge in [0, 0.05) is 12.3 Å². The molecule has 2 aromatic rings. The number of para-hydroxylation sites is 1. The first kappa shape index (κ1) is 14.2. The number of ketones is 1. The van der Waals surface area contributed by atoms with E-state index in [1.807, 2.05) is 30.3 Å². The zero-order chi connectivity index (χ0) is 14.4. The molecule has 0 bridgehead atoms. The average Bonchev–Trinajstić information content (AvgIpc) is 2.88. The molecule has 0 atom stereocenters. The number of Topliss-reactive ketones (excluding diaryl/α,β-unsaturated/α-hetero) is 1. The van der Waals surface area contributed by atoms with Crippen LogP contribution in [0.2, 0.25) is 0 Å². The summed E-state index contributed by atoms with van der Waals surface area (Å²) in [6, 6.07) is 9.30. The summed E-state index contributed by atoms with van der Waals surface area (Å²) >= 11 is 1.23. The molecule has 1 aromatic heterocycles. The Bertz CT molecular complexity index is 595. The Kier molecular flexibility index (Phi) is 4.84. The number of carbonyl (C=O) groups excluding carboxylic acids is 2. The molecule has 0 saturated carbocycles. The molecule has 0 saturated heterocycles. The van der Waals surface area contributed by atoms with Gasteiger partial charge in [-0.1, -0.05) is 18.2 Å². The summed E-state index contributed by atoms with van der Waals surface area (Å²) in [5.41, 5.74) is 0.367. The summed E-state index contributed by atoms with van der Waals surface area (Å²) in [6.07, 6.45) is 0.226. The first-order valence-corrected chi connectivity index (χ1v) is 6.97. The zero-order valence-electron chi connectivity index (χ0n) is 11.0. The lowest BCUT2D eigenvalue weighted by atomic mass is 10.3. The van der Waals surface area contributed by atoms with Gasteiger partial charge in [0.05, 0.1) is 13.0 Å². The summed E-state index contributed by atoms with van der Waals surface area (Å²) in [4.78, 5) is 26.8. The third-order valence-electron chi connectivity index (χ3n) is 2.45. The number of rotatable bonds is 6. The predicted molar refractivity (Wildman–Crippen MR) is 77.3 cm³/mol. The van der Waals surface area contributed by atoms with E-state index in [0.29, 0.717) is 17.4 Å². The smallest absolute Gasteiger partial charge is 0.229 e. The van der Waals surface area contributed by atoms with Gasteiger partial charge in [0.2, 0.25) is 5.91 Å². The Morgan fingerprint density at radius 1 is 1.30 bits per heavy atom. The molecule has 1 amide bonds. The van der Waals surface area contributed by atoms with Crippen molar-refractivity contribution >= 4 is 28.2 Å². The summed E-state index contributed by atoms with van der Waals surface area (Å²) in [6.45, 7) is 1.73.